The summed E-state index contributed by atoms with van der Waals surface area (Å²) in [7, 11) is 0. The number of carbonyl (C=O) groups excluding carboxylic acids is 3. The maximum atomic E-state index is 12.8. The summed E-state index contributed by atoms with van der Waals surface area (Å²) in [6.45, 7) is 6.49. The average molecular weight is 954 g/mol. The predicted molar refractivity (Wildman–Crippen MR) is 293 cm³/mol. The van der Waals surface area contributed by atoms with Crippen LogP contribution in [-0.4, -0.2) is 37.2 Å². The number of hydrogen-bond donors (Lipinski definition) is 0. The van der Waals surface area contributed by atoms with Crippen molar-refractivity contribution in [3.63, 3.8) is 0 Å². The van der Waals surface area contributed by atoms with Gasteiger partial charge >= 0.3 is 17.9 Å². The molecule has 0 aliphatic rings. The van der Waals surface area contributed by atoms with E-state index in [2.05, 4.69) is 69.4 Å². The molecule has 0 spiro atoms. The number of carbonyl (C=O) groups is 3. The van der Waals surface area contributed by atoms with Crippen molar-refractivity contribution in [3.8, 4) is 0 Å². The Morgan fingerprint density at radius 2 is 0.603 bits per heavy atom. The Hall–Kier alpha value is -2.63. The minimum absolute atomic E-state index is 0.0769. The van der Waals surface area contributed by atoms with Crippen LogP contribution in [-0.2, 0) is 28.6 Å². The van der Waals surface area contributed by atoms with Gasteiger partial charge in [0.15, 0.2) is 6.10 Å². The first-order valence-corrected chi connectivity index (χ1v) is 29.6. The van der Waals surface area contributed by atoms with Gasteiger partial charge in [-0.25, -0.2) is 0 Å². The largest absolute Gasteiger partial charge is 0.462 e. The van der Waals surface area contributed by atoms with Crippen LogP contribution in [0.25, 0.3) is 0 Å². The highest BCUT2D eigenvalue weighted by Crippen LogP contribution is 2.17. The summed E-state index contributed by atoms with van der Waals surface area (Å²) in [5.74, 6) is -0.884. The molecule has 6 heteroatoms. The molecule has 0 heterocycles. The Kier molecular flexibility index (Phi) is 54.8. The fourth-order valence-corrected chi connectivity index (χ4v) is 8.64. The first-order chi connectivity index (χ1) is 33.5. The molecule has 396 valence electrons. The number of ether oxygens (including phenoxy) is 3. The highest BCUT2D eigenvalue weighted by molar-refractivity contribution is 5.71. The Bertz CT molecular complexity index is 1190. The third-order valence-electron chi connectivity index (χ3n) is 13.0. The highest BCUT2D eigenvalue weighted by Gasteiger charge is 2.19. The average Bonchev–Trinajstić information content (AvgIpc) is 3.34. The van der Waals surface area contributed by atoms with E-state index >= 15 is 0 Å². The molecular formula is C62H112O6. The van der Waals surface area contributed by atoms with Crippen LogP contribution in [0.15, 0.2) is 48.6 Å². The van der Waals surface area contributed by atoms with E-state index in [1.165, 1.54) is 173 Å². The Morgan fingerprint density at radius 1 is 0.309 bits per heavy atom. The lowest BCUT2D eigenvalue weighted by molar-refractivity contribution is -0.167. The van der Waals surface area contributed by atoms with Gasteiger partial charge in [0.25, 0.3) is 0 Å². The van der Waals surface area contributed by atoms with E-state index in [0.717, 1.165) is 96.3 Å². The molecule has 68 heavy (non-hydrogen) atoms. The van der Waals surface area contributed by atoms with E-state index in [1.807, 2.05) is 0 Å². The molecule has 0 fully saturated rings. The van der Waals surface area contributed by atoms with Gasteiger partial charge in [-0.05, 0) is 70.6 Å². The van der Waals surface area contributed by atoms with Crippen molar-refractivity contribution in [1.82, 2.24) is 0 Å². The molecule has 1 unspecified atom stereocenters. The molecule has 1 atom stereocenters. The fraction of sp³-hybridized carbons (Fsp3) is 0.823. The summed E-state index contributed by atoms with van der Waals surface area (Å²) in [4.78, 5) is 38.1. The third kappa shape index (κ3) is 54.3. The van der Waals surface area contributed by atoms with Gasteiger partial charge in [-0.1, -0.05) is 268 Å². The van der Waals surface area contributed by atoms with Crippen LogP contribution in [0.5, 0.6) is 0 Å². The zero-order valence-electron chi connectivity index (χ0n) is 45.4. The number of allylic oxidation sites excluding steroid dienone is 8. The molecule has 0 N–H and O–H groups in total. The molecule has 0 bridgehead atoms. The molecule has 0 amide bonds. The fourth-order valence-electron chi connectivity index (χ4n) is 8.64. The standard InChI is InChI=1S/C62H112O6/c1-4-7-10-13-16-19-22-24-26-28-29-30-31-32-33-35-36-38-40-43-46-49-52-55-61(64)67-58-59(57-66-60(63)54-51-48-45-42-21-18-15-12-9-6-3)68-62(65)56-53-50-47-44-41-39-37-34-27-25-23-20-17-14-11-8-5-2/h8,11-12,15,17,20,25,27,59H,4-7,9-10,13-14,16,18-19,21-24,26,28-58H2,1-3H3/b11-8-,15-12-,20-17-,27-25-. The molecule has 0 saturated carbocycles. The number of rotatable bonds is 54. The maximum Gasteiger partial charge on any atom is 0.306 e. The van der Waals surface area contributed by atoms with Crippen molar-refractivity contribution in [1.29, 1.82) is 0 Å². The Morgan fingerprint density at radius 3 is 0.971 bits per heavy atom. The molecule has 0 aromatic heterocycles. The summed E-state index contributed by atoms with van der Waals surface area (Å²) in [6, 6.07) is 0. The van der Waals surface area contributed by atoms with E-state index in [0.29, 0.717) is 19.3 Å². The van der Waals surface area contributed by atoms with Crippen molar-refractivity contribution < 1.29 is 28.6 Å². The van der Waals surface area contributed by atoms with E-state index in [-0.39, 0.29) is 31.1 Å². The topological polar surface area (TPSA) is 78.9 Å². The van der Waals surface area contributed by atoms with Crippen molar-refractivity contribution in [3.05, 3.63) is 48.6 Å². The number of unbranched alkanes of at least 4 members (excludes halogenated alkanes) is 35. The molecular weight excluding hydrogens is 841 g/mol. The van der Waals surface area contributed by atoms with Gasteiger partial charge in [-0.2, -0.15) is 0 Å². The molecule has 0 saturated heterocycles. The first-order valence-electron chi connectivity index (χ1n) is 29.6. The molecule has 0 rings (SSSR count). The van der Waals surface area contributed by atoms with Gasteiger partial charge in [0.05, 0.1) is 0 Å². The third-order valence-corrected chi connectivity index (χ3v) is 13.0. The van der Waals surface area contributed by atoms with E-state index in [1.54, 1.807) is 0 Å². The summed E-state index contributed by atoms with van der Waals surface area (Å²) in [6.07, 6.45) is 69.8. The van der Waals surface area contributed by atoms with E-state index in [4.69, 9.17) is 14.2 Å². The van der Waals surface area contributed by atoms with Crippen molar-refractivity contribution in [2.24, 2.45) is 0 Å². The molecule has 0 aliphatic heterocycles. The zero-order valence-corrected chi connectivity index (χ0v) is 45.4. The Balaban J connectivity index is 4.22. The minimum atomic E-state index is -0.779. The van der Waals surface area contributed by atoms with Gasteiger partial charge in [0.1, 0.15) is 13.2 Å². The van der Waals surface area contributed by atoms with Crippen LogP contribution in [0, 0.1) is 0 Å². The van der Waals surface area contributed by atoms with Crippen LogP contribution in [0.3, 0.4) is 0 Å². The summed E-state index contributed by atoms with van der Waals surface area (Å²) in [5.41, 5.74) is 0. The SMILES string of the molecule is CC/C=C\C/C=C\C/C=C\CCCCCCCCCC(=O)OC(COC(=O)CCCCCCC/C=C\CCC)COC(=O)CCCCCCCCCCCCCCCCCCCCCCCCC. The van der Waals surface area contributed by atoms with Crippen LogP contribution >= 0.6 is 0 Å². The molecule has 0 aromatic carbocycles. The second kappa shape index (κ2) is 57.0. The second-order valence-electron chi connectivity index (χ2n) is 19.9. The zero-order chi connectivity index (χ0) is 49.3. The molecule has 0 aromatic rings. The van der Waals surface area contributed by atoms with Gasteiger partial charge in [-0.15, -0.1) is 0 Å². The van der Waals surface area contributed by atoms with Crippen LogP contribution in [0.4, 0.5) is 0 Å². The normalized spacial score (nSPS) is 12.3. The lowest BCUT2D eigenvalue weighted by atomic mass is 10.0. The summed E-state index contributed by atoms with van der Waals surface area (Å²) < 4.78 is 16.8. The monoisotopic (exact) mass is 953 g/mol. The lowest BCUT2D eigenvalue weighted by Crippen LogP contribution is -2.30. The number of hydrogen-bond acceptors (Lipinski definition) is 6. The molecule has 0 radical (unpaired) electrons. The quantitative estimate of drug-likeness (QED) is 0.0262. The van der Waals surface area contributed by atoms with Crippen molar-refractivity contribution in [2.75, 3.05) is 13.2 Å². The second-order valence-corrected chi connectivity index (χ2v) is 19.9. The van der Waals surface area contributed by atoms with E-state index < -0.39 is 6.10 Å². The van der Waals surface area contributed by atoms with Crippen molar-refractivity contribution in [2.45, 2.75) is 316 Å². The Labute approximate surface area is 422 Å². The van der Waals surface area contributed by atoms with Gasteiger partial charge in [0.2, 0.25) is 0 Å². The first kappa shape index (κ1) is 65.4. The van der Waals surface area contributed by atoms with Gasteiger partial charge < -0.3 is 14.2 Å². The lowest BCUT2D eigenvalue weighted by Gasteiger charge is -2.18. The molecule has 0 aliphatic carbocycles. The summed E-state index contributed by atoms with van der Waals surface area (Å²) >= 11 is 0. The van der Waals surface area contributed by atoms with Gasteiger partial charge in [0, 0.05) is 19.3 Å². The van der Waals surface area contributed by atoms with Crippen LogP contribution in [0.1, 0.15) is 310 Å². The minimum Gasteiger partial charge on any atom is -0.462 e. The van der Waals surface area contributed by atoms with Crippen molar-refractivity contribution >= 4 is 17.9 Å². The maximum absolute atomic E-state index is 12.8. The van der Waals surface area contributed by atoms with Crippen LogP contribution in [0.2, 0.25) is 0 Å². The van der Waals surface area contributed by atoms with Gasteiger partial charge in [-0.3, -0.25) is 14.4 Å². The highest BCUT2D eigenvalue weighted by atomic mass is 16.6. The van der Waals surface area contributed by atoms with Crippen LogP contribution < -0.4 is 0 Å². The molecule has 6 nitrogen and oxygen atoms in total. The predicted octanol–water partition coefficient (Wildman–Crippen LogP) is 19.8. The van der Waals surface area contributed by atoms with E-state index in [9.17, 15) is 14.4 Å². The summed E-state index contributed by atoms with van der Waals surface area (Å²) in [5, 5.41) is 0. The number of esters is 3. The smallest absolute Gasteiger partial charge is 0.306 e.